The third kappa shape index (κ3) is 3.37. The summed E-state index contributed by atoms with van der Waals surface area (Å²) in [5.41, 5.74) is 4.05. The van der Waals surface area contributed by atoms with E-state index < -0.39 is 0 Å². The van der Waals surface area contributed by atoms with E-state index in [0.717, 1.165) is 16.8 Å². The van der Waals surface area contributed by atoms with Crippen LogP contribution in [0.15, 0.2) is 48.5 Å². The van der Waals surface area contributed by atoms with Gasteiger partial charge in [0, 0.05) is 10.4 Å². The topological polar surface area (TPSA) is 0 Å². The Bertz CT molecular complexity index is 522. The minimum atomic E-state index is 0.490. The van der Waals surface area contributed by atoms with Gasteiger partial charge in [0.25, 0.3) is 0 Å². The zero-order valence-corrected chi connectivity index (χ0v) is 12.7. The summed E-state index contributed by atoms with van der Waals surface area (Å²) in [6.45, 7) is 2.17. The van der Waals surface area contributed by atoms with Gasteiger partial charge in [-0.05, 0) is 48.1 Å². The minimum absolute atomic E-state index is 0.490. The first-order valence-corrected chi connectivity index (χ1v) is 7.56. The molecule has 0 amide bonds. The smallest absolute Gasteiger partial charge is 0.0408 e. The number of alkyl halides is 1. The van der Waals surface area contributed by atoms with Crippen molar-refractivity contribution in [2.75, 3.05) is 5.33 Å². The van der Waals surface area contributed by atoms with Gasteiger partial charge in [-0.2, -0.15) is 0 Å². The van der Waals surface area contributed by atoms with Crippen molar-refractivity contribution < 1.29 is 0 Å². The van der Waals surface area contributed by atoms with Crippen LogP contribution in [0, 0.1) is 6.92 Å². The number of hydrogen-bond donors (Lipinski definition) is 0. The van der Waals surface area contributed by atoms with Gasteiger partial charge in [0.2, 0.25) is 0 Å². The summed E-state index contributed by atoms with van der Waals surface area (Å²) in [5.74, 6) is 0.490. The van der Waals surface area contributed by atoms with Crippen LogP contribution >= 0.6 is 27.5 Å². The summed E-state index contributed by atoms with van der Waals surface area (Å²) >= 11 is 9.67. The lowest BCUT2D eigenvalue weighted by Gasteiger charge is -2.17. The van der Waals surface area contributed by atoms with Gasteiger partial charge in [-0.3, -0.25) is 0 Å². The Labute approximate surface area is 122 Å². The standard InChI is InChI=1S/C16H16BrCl/c1-12-5-2-3-8-16(12)14(11-17)9-13-6-4-7-15(18)10-13/h2-8,10,14H,9,11H2,1H3. The van der Waals surface area contributed by atoms with Crippen LogP contribution in [0.3, 0.4) is 0 Å². The molecule has 0 aliphatic carbocycles. The Morgan fingerprint density at radius 3 is 2.56 bits per heavy atom. The summed E-state index contributed by atoms with van der Waals surface area (Å²) in [7, 11) is 0. The van der Waals surface area contributed by atoms with Gasteiger partial charge in [-0.25, -0.2) is 0 Å². The number of halogens is 2. The molecule has 0 bridgehead atoms. The van der Waals surface area contributed by atoms with E-state index in [2.05, 4.69) is 59.3 Å². The third-order valence-electron chi connectivity index (χ3n) is 3.19. The molecule has 0 saturated carbocycles. The molecule has 1 unspecified atom stereocenters. The molecule has 2 aromatic carbocycles. The first-order valence-electron chi connectivity index (χ1n) is 6.06. The fourth-order valence-corrected chi connectivity index (χ4v) is 3.03. The second kappa shape index (κ2) is 6.40. The molecule has 94 valence electrons. The first-order chi connectivity index (χ1) is 8.70. The molecule has 0 radical (unpaired) electrons. The summed E-state index contributed by atoms with van der Waals surface area (Å²) in [6, 6.07) is 16.7. The molecule has 0 heterocycles. The van der Waals surface area contributed by atoms with Gasteiger partial charge in [0.05, 0.1) is 0 Å². The van der Waals surface area contributed by atoms with Crippen molar-refractivity contribution in [3.63, 3.8) is 0 Å². The maximum absolute atomic E-state index is 6.04. The Morgan fingerprint density at radius 2 is 1.89 bits per heavy atom. The van der Waals surface area contributed by atoms with Crippen molar-refractivity contribution in [1.82, 2.24) is 0 Å². The Kier molecular flexibility index (Phi) is 4.85. The number of hydrogen-bond acceptors (Lipinski definition) is 0. The lowest BCUT2D eigenvalue weighted by atomic mass is 9.91. The van der Waals surface area contributed by atoms with Gasteiger partial charge < -0.3 is 0 Å². The van der Waals surface area contributed by atoms with E-state index in [4.69, 9.17) is 11.6 Å². The van der Waals surface area contributed by atoms with E-state index in [1.165, 1.54) is 16.7 Å². The molecule has 2 aromatic rings. The Hall–Kier alpha value is -0.790. The molecule has 0 nitrogen and oxygen atoms in total. The highest BCUT2D eigenvalue weighted by molar-refractivity contribution is 9.09. The average Bonchev–Trinajstić information content (AvgIpc) is 2.37. The van der Waals surface area contributed by atoms with Crippen molar-refractivity contribution in [3.8, 4) is 0 Å². The fraction of sp³-hybridized carbons (Fsp3) is 0.250. The predicted molar refractivity (Wildman–Crippen MR) is 82.9 cm³/mol. The Balaban J connectivity index is 2.23. The molecule has 0 fully saturated rings. The van der Waals surface area contributed by atoms with Crippen LogP contribution in [0.1, 0.15) is 22.6 Å². The fourth-order valence-electron chi connectivity index (χ4n) is 2.24. The molecule has 1 atom stereocenters. The largest absolute Gasteiger partial charge is 0.0921 e. The lowest BCUT2D eigenvalue weighted by Crippen LogP contribution is -2.06. The third-order valence-corrected chi connectivity index (χ3v) is 4.20. The highest BCUT2D eigenvalue weighted by Gasteiger charge is 2.13. The molecule has 2 heteroatoms. The van der Waals surface area contributed by atoms with Gasteiger partial charge in [-0.1, -0.05) is 63.9 Å². The van der Waals surface area contributed by atoms with E-state index in [0.29, 0.717) is 5.92 Å². The SMILES string of the molecule is Cc1ccccc1C(CBr)Cc1cccc(Cl)c1. The first kappa shape index (κ1) is 13.6. The van der Waals surface area contributed by atoms with Gasteiger partial charge in [0.1, 0.15) is 0 Å². The van der Waals surface area contributed by atoms with Crippen LogP contribution in [-0.4, -0.2) is 5.33 Å². The molecule has 0 spiro atoms. The summed E-state index contributed by atoms with van der Waals surface area (Å²) in [6.07, 6.45) is 1.01. The van der Waals surface area contributed by atoms with Crippen LogP contribution in [0.5, 0.6) is 0 Å². The van der Waals surface area contributed by atoms with Crippen LogP contribution < -0.4 is 0 Å². The van der Waals surface area contributed by atoms with E-state index in [9.17, 15) is 0 Å². The van der Waals surface area contributed by atoms with Gasteiger partial charge in [-0.15, -0.1) is 0 Å². The maximum atomic E-state index is 6.04. The number of aryl methyl sites for hydroxylation is 1. The lowest BCUT2D eigenvalue weighted by molar-refractivity contribution is 0.769. The normalized spacial score (nSPS) is 12.4. The molecule has 0 N–H and O–H groups in total. The number of rotatable bonds is 4. The quantitative estimate of drug-likeness (QED) is 0.664. The number of benzene rings is 2. The highest BCUT2D eigenvalue weighted by atomic mass is 79.9. The van der Waals surface area contributed by atoms with Crippen molar-refractivity contribution in [2.24, 2.45) is 0 Å². The van der Waals surface area contributed by atoms with E-state index in [1.54, 1.807) is 0 Å². The average molecular weight is 324 g/mol. The van der Waals surface area contributed by atoms with Crippen molar-refractivity contribution in [3.05, 3.63) is 70.2 Å². The molecule has 0 aromatic heterocycles. The Morgan fingerprint density at radius 1 is 1.11 bits per heavy atom. The van der Waals surface area contributed by atoms with Crippen LogP contribution in [0.4, 0.5) is 0 Å². The van der Waals surface area contributed by atoms with Gasteiger partial charge in [0.15, 0.2) is 0 Å². The molecular weight excluding hydrogens is 308 g/mol. The molecule has 18 heavy (non-hydrogen) atoms. The molecule has 0 saturated heterocycles. The zero-order valence-electron chi connectivity index (χ0n) is 10.4. The van der Waals surface area contributed by atoms with Gasteiger partial charge >= 0.3 is 0 Å². The summed E-state index contributed by atoms with van der Waals surface area (Å²) in [4.78, 5) is 0. The zero-order chi connectivity index (χ0) is 13.0. The van der Waals surface area contributed by atoms with E-state index >= 15 is 0 Å². The molecule has 0 aliphatic rings. The summed E-state index contributed by atoms with van der Waals surface area (Å²) < 4.78 is 0. The molecule has 2 rings (SSSR count). The summed E-state index contributed by atoms with van der Waals surface area (Å²) in [5, 5.41) is 1.77. The van der Waals surface area contributed by atoms with Crippen molar-refractivity contribution >= 4 is 27.5 Å². The highest BCUT2D eigenvalue weighted by Crippen LogP contribution is 2.26. The second-order valence-corrected chi connectivity index (χ2v) is 5.63. The predicted octanol–water partition coefficient (Wildman–Crippen LogP) is 5.37. The maximum Gasteiger partial charge on any atom is 0.0408 e. The van der Waals surface area contributed by atoms with E-state index in [1.807, 2.05) is 12.1 Å². The van der Waals surface area contributed by atoms with E-state index in [-0.39, 0.29) is 0 Å². The molecular formula is C16H16BrCl. The van der Waals surface area contributed by atoms with Crippen molar-refractivity contribution in [1.29, 1.82) is 0 Å². The van der Waals surface area contributed by atoms with Crippen LogP contribution in [0.2, 0.25) is 5.02 Å². The monoisotopic (exact) mass is 322 g/mol. The second-order valence-electron chi connectivity index (χ2n) is 4.54. The van der Waals surface area contributed by atoms with Crippen LogP contribution in [-0.2, 0) is 6.42 Å². The van der Waals surface area contributed by atoms with Crippen molar-refractivity contribution in [2.45, 2.75) is 19.3 Å². The molecule has 0 aliphatic heterocycles. The van der Waals surface area contributed by atoms with Crippen LogP contribution in [0.25, 0.3) is 0 Å². The minimum Gasteiger partial charge on any atom is -0.0921 e.